The molecular weight excluding hydrogens is 1100 g/mol. The molecule has 0 atom stereocenters. The predicted octanol–water partition coefficient (Wildman–Crippen LogP) is -4.01. The quantitative estimate of drug-likeness (QED) is 0.127. The van der Waals surface area contributed by atoms with Gasteiger partial charge >= 0.3 is 153 Å². The minimum absolute atomic E-state index is 0. The van der Waals surface area contributed by atoms with Gasteiger partial charge in [-0.25, -0.2) is 0 Å². The van der Waals surface area contributed by atoms with Crippen molar-refractivity contribution < 1.29 is 145 Å². The van der Waals surface area contributed by atoms with Crippen LogP contribution >= 0.6 is 0 Å². The summed E-state index contributed by atoms with van der Waals surface area (Å²) in [6.45, 7) is 0. The zero-order chi connectivity index (χ0) is 42.9. The van der Waals surface area contributed by atoms with E-state index in [4.69, 9.17) is 184 Å². The zero-order valence-electron chi connectivity index (χ0n) is 23.2. The van der Waals surface area contributed by atoms with Crippen LogP contribution in [0, 0.1) is 267 Å². The Labute approximate surface area is 393 Å². The average Bonchev–Trinajstić information content (AvgIpc) is 2.61. The van der Waals surface area contributed by atoms with Gasteiger partial charge in [0.25, 0.3) is 0 Å². The summed E-state index contributed by atoms with van der Waals surface area (Å²) in [6.07, 6.45) is 0. The van der Waals surface area contributed by atoms with E-state index in [0.29, 0.717) is 0 Å². The van der Waals surface area contributed by atoms with Crippen molar-refractivity contribution in [2.75, 3.05) is 0 Å². The van der Waals surface area contributed by atoms with Gasteiger partial charge in [-0.3, -0.25) is 0 Å². The van der Waals surface area contributed by atoms with Gasteiger partial charge in [-0.1, -0.05) is 0 Å². The van der Waals surface area contributed by atoms with Gasteiger partial charge in [0.05, 0.1) is 61.0 Å². The Morgan fingerprint density at radius 1 is 0.151 bits per heavy atom. The fourth-order valence-electron chi connectivity index (χ4n) is 0. The third-order valence-electron chi connectivity index (χ3n) is 0. The van der Waals surface area contributed by atoms with Crippen LogP contribution in [0.5, 0.6) is 0 Å². The molecule has 0 aliphatic carbocycles. The molecule has 48 nitrogen and oxygen atoms in total. The van der Waals surface area contributed by atoms with Gasteiger partial charge < -0.3 is 184 Å². The van der Waals surface area contributed by atoms with Crippen LogP contribution < -0.4 is 0 Å². The van der Waals surface area contributed by atoms with Gasteiger partial charge in [-0.05, 0) is 0 Å². The normalized spacial score (nSPS) is 5.43. The van der Waals surface area contributed by atoms with Crippen LogP contribution in [-0.4, -0.2) is 130 Å². The summed E-state index contributed by atoms with van der Waals surface area (Å²) in [4.78, 5) is 99.0. The van der Waals surface area contributed by atoms with Gasteiger partial charge in [-0.2, -0.15) is 0 Å². The largest absolute Gasteiger partial charge is 4.00 e. The molecule has 0 aromatic carbocycles. The van der Waals surface area contributed by atoms with Crippen molar-refractivity contribution in [1.82, 2.24) is 0 Å². The van der Waals surface area contributed by atoms with Crippen molar-refractivity contribution >= 4 is 69.2 Å². The Bertz CT molecular complexity index is 602. The number of nitrogens with zero attached hydrogens (tertiary/aromatic N) is 12. The fraction of sp³-hybridized carbons (Fsp3) is 0. The summed E-state index contributed by atoms with van der Waals surface area (Å²) < 4.78 is 0. The number of rotatable bonds is 0. The van der Waals surface area contributed by atoms with Gasteiger partial charge in [0.2, 0.25) is 0 Å². The summed E-state index contributed by atoms with van der Waals surface area (Å²) in [5.41, 5.74) is 0. The summed E-state index contributed by atoms with van der Waals surface area (Å²) in [5.74, 6) is 0. The van der Waals surface area contributed by atoms with Crippen molar-refractivity contribution in [2.45, 2.75) is 0 Å². The van der Waals surface area contributed by atoms with Crippen molar-refractivity contribution in [1.29, 1.82) is 0 Å². The third kappa shape index (κ3) is 4740. The van der Waals surface area contributed by atoms with E-state index in [1.54, 1.807) is 0 Å². The van der Waals surface area contributed by atoms with Crippen LogP contribution in [0.2, 0.25) is 0 Å². The van der Waals surface area contributed by atoms with E-state index in [2.05, 4.69) is 0 Å². The second kappa shape index (κ2) is 104. The maximum atomic E-state index is 8.25. The van der Waals surface area contributed by atoms with E-state index < -0.39 is 61.0 Å². The van der Waals surface area contributed by atoms with Crippen LogP contribution in [0.3, 0.4) is 0 Å². The molecule has 0 amide bonds. The van der Waals surface area contributed by atoms with Crippen LogP contribution in [0.1, 0.15) is 0 Å². The Morgan fingerprint density at radius 2 is 0.151 bits per heavy atom. The molecule has 53 heavy (non-hydrogen) atoms. The van der Waals surface area contributed by atoms with Gasteiger partial charge in [-0.15, -0.1) is 0 Å². The molecule has 288 valence electrons. The van der Waals surface area contributed by atoms with E-state index in [9.17, 15) is 0 Å². The van der Waals surface area contributed by atoms with Crippen LogP contribution in [-0.2, 0) is 0 Å². The third-order valence-corrected chi connectivity index (χ3v) is 0. The molecule has 53 heteroatoms. The molecular formula is Ce2Mg3N12O36+2. The van der Waals surface area contributed by atoms with Crippen molar-refractivity contribution in [2.24, 2.45) is 0 Å². The summed E-state index contributed by atoms with van der Waals surface area (Å²) in [5, 5.41) is 177. The summed E-state index contributed by atoms with van der Waals surface area (Å²) in [6, 6.07) is 0. The topological polar surface area (TPSA) is 794 Å². The minimum Gasteiger partial charge on any atom is -0.356 e. The second-order valence-electron chi connectivity index (χ2n) is 2.68. The SMILES string of the molecule is O=[N+]([O-])[O-].O=[N+]([O-])[O-].O=[N+]([O-])[O-].O=[N+]([O-])[O-].O=[N+]([O-])[O-].O=[N+]([O-])[O-].O=[N+]([O-])[O-].O=[N+]([O-])[O-].O=[N+]([O-])[O-].O=[N+]([O-])[O-].O=[N+]([O-])[O-].O=[N+]([O-])[O-].[Ce+4].[Ce+4].[Mg+2].[Mg+2].[Mg+2]. The molecule has 0 aromatic rings. The monoisotopic (exact) mass is 1100 g/mol. The predicted molar refractivity (Wildman–Crippen MR) is 142 cm³/mol. The van der Waals surface area contributed by atoms with Crippen molar-refractivity contribution in [3.05, 3.63) is 184 Å². The van der Waals surface area contributed by atoms with Gasteiger partial charge in [0, 0.05) is 0 Å². The van der Waals surface area contributed by atoms with Crippen LogP contribution in [0.25, 0.3) is 0 Å². The first-order valence-corrected chi connectivity index (χ1v) is 6.57. The Kier molecular flexibility index (Phi) is 215. The fourth-order valence-corrected chi connectivity index (χ4v) is 0. The first-order valence-electron chi connectivity index (χ1n) is 6.57. The number of hydrogen-bond acceptors (Lipinski definition) is 36. The maximum Gasteiger partial charge on any atom is 4.00 e. The second-order valence-corrected chi connectivity index (χ2v) is 2.68. The molecule has 0 spiro atoms. The van der Waals surface area contributed by atoms with E-state index in [1.807, 2.05) is 0 Å². The zero-order valence-corrected chi connectivity index (χ0v) is 33.7. The molecule has 0 unspecified atom stereocenters. The number of hydrogen-bond donors (Lipinski definition) is 0. The Hall–Kier alpha value is -4.55. The van der Waals surface area contributed by atoms with Crippen molar-refractivity contribution in [3.8, 4) is 0 Å². The van der Waals surface area contributed by atoms with E-state index >= 15 is 0 Å². The Morgan fingerprint density at radius 3 is 0.151 bits per heavy atom. The van der Waals surface area contributed by atoms with Crippen LogP contribution in [0.15, 0.2) is 0 Å². The summed E-state index contributed by atoms with van der Waals surface area (Å²) >= 11 is 0. The molecule has 0 fully saturated rings. The van der Waals surface area contributed by atoms with Gasteiger partial charge in [0.15, 0.2) is 0 Å². The molecule has 0 aromatic heterocycles. The standard InChI is InChI=1S/2Ce.3Mg.12NO3/c;;;;;12*2-1(3)4/q2*+4;3*+2;12*-1. The van der Waals surface area contributed by atoms with Gasteiger partial charge in [0.1, 0.15) is 0 Å². The molecule has 0 aliphatic heterocycles. The molecule has 0 heterocycles. The van der Waals surface area contributed by atoms with E-state index in [-0.39, 0.29) is 153 Å². The maximum absolute atomic E-state index is 8.25. The van der Waals surface area contributed by atoms with Crippen molar-refractivity contribution in [3.63, 3.8) is 0 Å². The molecule has 0 bridgehead atoms. The molecule has 0 rings (SSSR count). The first kappa shape index (κ1) is 110. The van der Waals surface area contributed by atoms with Crippen LogP contribution in [0.4, 0.5) is 0 Å². The molecule has 0 aliphatic rings. The van der Waals surface area contributed by atoms with E-state index in [1.165, 1.54) is 0 Å². The first-order chi connectivity index (χ1) is 20.8. The van der Waals surface area contributed by atoms with E-state index in [0.717, 1.165) is 0 Å². The molecule has 0 saturated carbocycles. The smallest absolute Gasteiger partial charge is 0.356 e. The summed E-state index contributed by atoms with van der Waals surface area (Å²) in [7, 11) is 0. The average molecular weight is 1100 g/mol. The molecule has 0 radical (unpaired) electrons. The molecule has 0 saturated heterocycles. The Balaban J connectivity index is -0.0000000176. The minimum atomic E-state index is -1.75. The molecule has 0 N–H and O–H groups in total.